The number of aromatic nitrogens is 1. The molecule has 0 atom stereocenters. The van der Waals surface area contributed by atoms with Gasteiger partial charge in [0.05, 0.1) is 5.56 Å². The first-order chi connectivity index (χ1) is 15.4. The summed E-state index contributed by atoms with van der Waals surface area (Å²) in [6.45, 7) is 8.13. The van der Waals surface area contributed by atoms with Gasteiger partial charge in [0.1, 0.15) is 5.15 Å². The van der Waals surface area contributed by atoms with Gasteiger partial charge in [-0.15, -0.1) is 0 Å². The van der Waals surface area contributed by atoms with E-state index in [1.807, 2.05) is 0 Å². The Kier molecular flexibility index (Phi) is 6.12. The normalized spacial score (nSPS) is 18.5. The Hall–Kier alpha value is -2.32. The van der Waals surface area contributed by atoms with Crippen LogP contribution < -0.4 is 10.2 Å². The summed E-state index contributed by atoms with van der Waals surface area (Å²) in [7, 11) is 0. The molecule has 2 aromatic rings. The number of halogens is 4. The molecule has 33 heavy (non-hydrogen) atoms. The number of alkyl halides is 3. The van der Waals surface area contributed by atoms with Crippen molar-refractivity contribution in [3.05, 3.63) is 58.4 Å². The molecule has 1 saturated heterocycles. The number of pyridine rings is 1. The highest BCUT2D eigenvalue weighted by molar-refractivity contribution is 6.29. The number of carbonyl (C=O) groups excluding carboxylic acids is 1. The zero-order valence-corrected chi connectivity index (χ0v) is 19.7. The Labute approximate surface area is 196 Å². The van der Waals surface area contributed by atoms with Crippen molar-refractivity contribution in [2.75, 3.05) is 24.5 Å². The van der Waals surface area contributed by atoms with Crippen LogP contribution >= 0.6 is 11.6 Å². The Morgan fingerprint density at radius 2 is 1.88 bits per heavy atom. The lowest BCUT2D eigenvalue weighted by atomic mass is 9.72. The molecule has 1 aromatic carbocycles. The van der Waals surface area contributed by atoms with Gasteiger partial charge in [-0.05, 0) is 82.1 Å². The van der Waals surface area contributed by atoms with Crippen molar-refractivity contribution in [2.24, 2.45) is 0 Å². The Morgan fingerprint density at radius 1 is 1.18 bits per heavy atom. The molecular formula is C24H28ClF3N4O. The van der Waals surface area contributed by atoms with E-state index in [2.05, 4.69) is 36.0 Å². The minimum absolute atomic E-state index is 0.0601. The number of nitrogens with zero attached hydrogens (tertiary/aromatic N) is 3. The molecule has 0 unspecified atom stereocenters. The minimum atomic E-state index is -4.49. The number of piperidine rings is 1. The van der Waals surface area contributed by atoms with Gasteiger partial charge in [0.25, 0.3) is 0 Å². The number of nitrogens with one attached hydrogen (secondary N) is 1. The summed E-state index contributed by atoms with van der Waals surface area (Å²) in [6, 6.07) is 7.10. The van der Waals surface area contributed by atoms with E-state index >= 15 is 0 Å². The number of anilines is 1. The number of rotatable bonds is 2. The molecule has 1 spiro atoms. The third-order valence-electron chi connectivity index (χ3n) is 6.78. The van der Waals surface area contributed by atoms with Gasteiger partial charge in [-0.25, -0.2) is 9.78 Å². The molecule has 1 aromatic heterocycles. The zero-order valence-electron chi connectivity index (χ0n) is 19.0. The van der Waals surface area contributed by atoms with Crippen LogP contribution in [0.5, 0.6) is 0 Å². The van der Waals surface area contributed by atoms with Gasteiger partial charge < -0.3 is 5.32 Å². The van der Waals surface area contributed by atoms with Crippen molar-refractivity contribution in [3.63, 3.8) is 0 Å². The fourth-order valence-corrected chi connectivity index (χ4v) is 5.24. The van der Waals surface area contributed by atoms with Crippen LogP contribution in [0.2, 0.25) is 5.15 Å². The molecule has 2 amide bonds. The van der Waals surface area contributed by atoms with E-state index in [0.29, 0.717) is 36.8 Å². The number of hydrogen-bond donors (Lipinski definition) is 1. The van der Waals surface area contributed by atoms with Crippen molar-refractivity contribution in [3.8, 4) is 0 Å². The van der Waals surface area contributed by atoms with E-state index in [1.165, 1.54) is 11.0 Å². The van der Waals surface area contributed by atoms with Crippen LogP contribution in [0.15, 0.2) is 36.5 Å². The van der Waals surface area contributed by atoms with Gasteiger partial charge in [0.15, 0.2) is 0 Å². The van der Waals surface area contributed by atoms with E-state index in [0.717, 1.165) is 11.6 Å². The molecule has 0 aliphatic carbocycles. The number of urea groups is 1. The maximum atomic E-state index is 14.0. The van der Waals surface area contributed by atoms with Crippen LogP contribution in [0.3, 0.4) is 0 Å². The van der Waals surface area contributed by atoms with Gasteiger partial charge in [0, 0.05) is 35.9 Å². The zero-order chi connectivity index (χ0) is 24.0. The van der Waals surface area contributed by atoms with Gasteiger partial charge in [-0.1, -0.05) is 17.7 Å². The molecule has 5 nitrogen and oxygen atoms in total. The third-order valence-corrected chi connectivity index (χ3v) is 6.99. The monoisotopic (exact) mass is 480 g/mol. The largest absolute Gasteiger partial charge is 0.416 e. The third kappa shape index (κ3) is 4.68. The van der Waals surface area contributed by atoms with Crippen molar-refractivity contribution < 1.29 is 18.0 Å². The molecule has 2 aliphatic rings. The summed E-state index contributed by atoms with van der Waals surface area (Å²) >= 11 is 5.91. The SMILES string of the molecule is CC(C)(C)N1CCC2(CC1)CN(C(=O)NCc1ccnc(Cl)c1)c1cccc(C(F)(F)F)c12. The number of amides is 2. The number of fused-ring (bicyclic) bond motifs is 2. The fourth-order valence-electron chi connectivity index (χ4n) is 5.05. The molecule has 178 valence electrons. The molecule has 1 fully saturated rings. The van der Waals surface area contributed by atoms with Crippen molar-refractivity contribution in [1.29, 1.82) is 0 Å². The predicted octanol–water partition coefficient (Wildman–Crippen LogP) is 5.62. The molecule has 1 N–H and O–H groups in total. The highest BCUT2D eigenvalue weighted by Crippen LogP contribution is 2.52. The van der Waals surface area contributed by atoms with Crippen molar-refractivity contribution in [1.82, 2.24) is 15.2 Å². The first kappa shape index (κ1) is 23.8. The van der Waals surface area contributed by atoms with Gasteiger partial charge in [-0.2, -0.15) is 13.2 Å². The van der Waals surface area contributed by atoms with Crippen LogP contribution in [0.4, 0.5) is 23.7 Å². The van der Waals surface area contributed by atoms with E-state index < -0.39 is 23.2 Å². The van der Waals surface area contributed by atoms with Crippen LogP contribution in [0.1, 0.15) is 50.3 Å². The predicted molar refractivity (Wildman–Crippen MR) is 123 cm³/mol. The van der Waals surface area contributed by atoms with E-state index in [9.17, 15) is 18.0 Å². The minimum Gasteiger partial charge on any atom is -0.334 e. The van der Waals surface area contributed by atoms with Gasteiger partial charge in [0.2, 0.25) is 0 Å². The lowest BCUT2D eigenvalue weighted by Crippen LogP contribution is -2.52. The van der Waals surface area contributed by atoms with E-state index in [1.54, 1.807) is 24.4 Å². The second kappa shape index (κ2) is 8.47. The Balaban J connectivity index is 1.64. The molecule has 0 saturated carbocycles. The standard InChI is InChI=1S/C24H28ClF3N4O/c1-22(2,3)31-11-8-23(9-12-31)15-32(18-6-4-5-17(20(18)23)24(26,27)28)21(33)30-14-16-7-10-29-19(25)13-16/h4-7,10,13H,8-9,11-12,14-15H2,1-3H3,(H,30,33). The van der Waals surface area contributed by atoms with Crippen LogP contribution in [-0.2, 0) is 18.1 Å². The second-order valence-corrected chi connectivity index (χ2v) is 10.3. The number of hydrogen-bond acceptors (Lipinski definition) is 3. The summed E-state index contributed by atoms with van der Waals surface area (Å²) in [5.74, 6) is 0. The molecular weight excluding hydrogens is 453 g/mol. The maximum absolute atomic E-state index is 14.0. The molecule has 2 aliphatic heterocycles. The molecule has 9 heteroatoms. The lowest BCUT2D eigenvalue weighted by molar-refractivity contribution is -0.138. The van der Waals surface area contributed by atoms with Crippen LogP contribution in [-0.4, -0.2) is 41.1 Å². The first-order valence-corrected chi connectivity index (χ1v) is 11.4. The average molecular weight is 481 g/mol. The molecule has 3 heterocycles. The molecule has 0 radical (unpaired) electrons. The van der Waals surface area contributed by atoms with Gasteiger partial charge in [-0.3, -0.25) is 9.80 Å². The average Bonchev–Trinajstić information content (AvgIpc) is 3.05. The van der Waals surface area contributed by atoms with Crippen molar-refractivity contribution >= 4 is 23.3 Å². The molecule has 0 bridgehead atoms. The topological polar surface area (TPSA) is 48.5 Å². The van der Waals surface area contributed by atoms with Crippen molar-refractivity contribution in [2.45, 2.75) is 57.3 Å². The smallest absolute Gasteiger partial charge is 0.334 e. The summed E-state index contributed by atoms with van der Waals surface area (Å²) < 4.78 is 42.1. The van der Waals surface area contributed by atoms with Crippen LogP contribution in [0.25, 0.3) is 0 Å². The Bertz CT molecular complexity index is 1040. The maximum Gasteiger partial charge on any atom is 0.416 e. The number of likely N-dealkylation sites (tertiary alicyclic amines) is 1. The quantitative estimate of drug-likeness (QED) is 0.568. The summed E-state index contributed by atoms with van der Waals surface area (Å²) in [4.78, 5) is 20.8. The second-order valence-electron chi connectivity index (χ2n) is 9.87. The van der Waals surface area contributed by atoms with Gasteiger partial charge >= 0.3 is 12.2 Å². The highest BCUT2D eigenvalue weighted by Gasteiger charge is 2.51. The number of carbonyl (C=O) groups is 1. The van der Waals surface area contributed by atoms with Crippen LogP contribution in [0, 0.1) is 0 Å². The Morgan fingerprint density at radius 3 is 2.48 bits per heavy atom. The molecule has 4 rings (SSSR count). The lowest BCUT2D eigenvalue weighted by Gasteiger charge is -2.45. The van der Waals surface area contributed by atoms with E-state index in [-0.39, 0.29) is 24.2 Å². The summed E-state index contributed by atoms with van der Waals surface area (Å²) in [5.41, 5.74) is -0.0522. The van der Waals surface area contributed by atoms with E-state index in [4.69, 9.17) is 11.6 Å². The fraction of sp³-hybridized carbons (Fsp3) is 0.500. The first-order valence-electron chi connectivity index (χ1n) is 11.0. The summed E-state index contributed by atoms with van der Waals surface area (Å²) in [6.07, 6.45) is -1.81. The number of benzene rings is 1. The highest BCUT2D eigenvalue weighted by atomic mass is 35.5. The summed E-state index contributed by atoms with van der Waals surface area (Å²) in [5, 5.41) is 3.14.